The summed E-state index contributed by atoms with van der Waals surface area (Å²) in [7, 11) is 1.86. The van der Waals surface area contributed by atoms with Crippen molar-refractivity contribution in [2.24, 2.45) is 0 Å². The van der Waals surface area contributed by atoms with Gasteiger partial charge in [0.2, 0.25) is 5.88 Å². The molecule has 0 aliphatic rings. The van der Waals surface area contributed by atoms with Crippen molar-refractivity contribution < 1.29 is 9.13 Å². The Morgan fingerprint density at radius 2 is 2.30 bits per heavy atom. The van der Waals surface area contributed by atoms with Crippen LogP contribution in [0.25, 0.3) is 4.96 Å². The molecule has 0 atom stereocenters. The van der Waals surface area contributed by atoms with E-state index in [1.807, 2.05) is 23.0 Å². The Labute approximate surface area is 119 Å². The first kappa shape index (κ1) is 13.1. The van der Waals surface area contributed by atoms with Gasteiger partial charge in [-0.15, -0.1) is 11.3 Å². The van der Waals surface area contributed by atoms with Crippen LogP contribution in [0, 0.1) is 12.7 Å². The number of imidazole rings is 1. The van der Waals surface area contributed by atoms with Gasteiger partial charge >= 0.3 is 0 Å². The van der Waals surface area contributed by atoms with Gasteiger partial charge in [-0.3, -0.25) is 4.40 Å². The minimum absolute atomic E-state index is 0.279. The van der Waals surface area contributed by atoms with Crippen molar-refractivity contribution in [3.63, 3.8) is 0 Å². The van der Waals surface area contributed by atoms with Crippen molar-refractivity contribution in [1.82, 2.24) is 14.7 Å². The average molecular weight is 291 g/mol. The van der Waals surface area contributed by atoms with Gasteiger partial charge < -0.3 is 10.1 Å². The Kier molecular flexibility index (Phi) is 3.42. The molecule has 0 unspecified atom stereocenters. The van der Waals surface area contributed by atoms with E-state index >= 15 is 0 Å². The normalized spacial score (nSPS) is 11.2. The molecule has 0 saturated heterocycles. The van der Waals surface area contributed by atoms with E-state index in [1.54, 1.807) is 19.1 Å². The van der Waals surface area contributed by atoms with Crippen LogP contribution in [0.15, 0.2) is 29.8 Å². The van der Waals surface area contributed by atoms with E-state index in [1.165, 1.54) is 17.4 Å². The zero-order chi connectivity index (χ0) is 14.1. The number of ether oxygens (including phenoxy) is 1. The second kappa shape index (κ2) is 5.22. The highest BCUT2D eigenvalue weighted by molar-refractivity contribution is 7.15. The number of fused-ring (bicyclic) bond motifs is 1. The smallest absolute Gasteiger partial charge is 0.243 e. The van der Waals surface area contributed by atoms with Crippen LogP contribution in [0.2, 0.25) is 0 Å². The van der Waals surface area contributed by atoms with Gasteiger partial charge in [0.1, 0.15) is 17.3 Å². The van der Waals surface area contributed by atoms with Crippen LogP contribution in [0.1, 0.15) is 11.3 Å². The Balaban J connectivity index is 1.98. The summed E-state index contributed by atoms with van der Waals surface area (Å²) < 4.78 is 21.3. The highest BCUT2D eigenvalue weighted by Crippen LogP contribution is 2.28. The number of thiazole rings is 1. The monoisotopic (exact) mass is 291 g/mol. The maximum absolute atomic E-state index is 13.6. The SMILES string of the molecule is CNCc1c(Oc2ccc(C)c(F)c2)nc2sccn12. The molecular formula is C14H14FN3OS. The van der Waals surface area contributed by atoms with Crippen LogP contribution in [0.5, 0.6) is 11.6 Å². The highest BCUT2D eigenvalue weighted by Gasteiger charge is 2.15. The minimum Gasteiger partial charge on any atom is -0.437 e. The van der Waals surface area contributed by atoms with Crippen LogP contribution >= 0.6 is 11.3 Å². The van der Waals surface area contributed by atoms with E-state index in [9.17, 15) is 4.39 Å². The fourth-order valence-electron chi connectivity index (χ4n) is 1.97. The molecule has 4 nitrogen and oxygen atoms in total. The van der Waals surface area contributed by atoms with Gasteiger partial charge in [-0.2, -0.15) is 4.98 Å². The zero-order valence-electron chi connectivity index (χ0n) is 11.2. The number of nitrogens with one attached hydrogen (secondary N) is 1. The maximum Gasteiger partial charge on any atom is 0.243 e. The van der Waals surface area contributed by atoms with Crippen molar-refractivity contribution in [3.05, 3.63) is 46.9 Å². The van der Waals surface area contributed by atoms with E-state index in [2.05, 4.69) is 10.3 Å². The molecule has 0 fully saturated rings. The molecule has 6 heteroatoms. The molecule has 1 aromatic carbocycles. The number of halogens is 1. The largest absolute Gasteiger partial charge is 0.437 e. The molecule has 2 aromatic heterocycles. The van der Waals surface area contributed by atoms with Gasteiger partial charge in [-0.05, 0) is 25.6 Å². The summed E-state index contributed by atoms with van der Waals surface area (Å²) in [6.45, 7) is 2.35. The average Bonchev–Trinajstić information content (AvgIpc) is 2.98. The first-order valence-electron chi connectivity index (χ1n) is 6.22. The number of nitrogens with zero attached hydrogens (tertiary/aromatic N) is 2. The molecule has 1 N–H and O–H groups in total. The number of hydrogen-bond acceptors (Lipinski definition) is 4. The summed E-state index contributed by atoms with van der Waals surface area (Å²) in [6, 6.07) is 4.82. The third kappa shape index (κ3) is 2.28. The molecule has 0 saturated carbocycles. The van der Waals surface area contributed by atoms with Crippen LogP contribution in [-0.4, -0.2) is 16.4 Å². The van der Waals surface area contributed by atoms with Crippen molar-refractivity contribution in [2.45, 2.75) is 13.5 Å². The lowest BCUT2D eigenvalue weighted by molar-refractivity contribution is 0.452. The lowest BCUT2D eigenvalue weighted by atomic mass is 10.2. The van der Waals surface area contributed by atoms with Crippen LogP contribution in [0.4, 0.5) is 4.39 Å². The summed E-state index contributed by atoms with van der Waals surface area (Å²) in [5.41, 5.74) is 1.52. The molecule has 0 aliphatic carbocycles. The number of hydrogen-bond donors (Lipinski definition) is 1. The second-order valence-electron chi connectivity index (χ2n) is 4.46. The quantitative estimate of drug-likeness (QED) is 0.801. The van der Waals surface area contributed by atoms with E-state index < -0.39 is 0 Å². The molecule has 0 bridgehead atoms. The maximum atomic E-state index is 13.6. The van der Waals surface area contributed by atoms with Crippen LogP contribution in [0.3, 0.4) is 0 Å². The molecule has 104 valence electrons. The molecule has 2 heterocycles. The minimum atomic E-state index is -0.279. The second-order valence-corrected chi connectivity index (χ2v) is 5.34. The molecule has 0 radical (unpaired) electrons. The third-order valence-electron chi connectivity index (χ3n) is 3.03. The number of benzene rings is 1. The van der Waals surface area contributed by atoms with E-state index in [4.69, 9.17) is 4.74 Å². The molecule has 3 aromatic rings. The zero-order valence-corrected chi connectivity index (χ0v) is 12.0. The highest BCUT2D eigenvalue weighted by atomic mass is 32.1. The number of aryl methyl sites for hydroxylation is 1. The van der Waals surface area contributed by atoms with Crippen molar-refractivity contribution in [1.29, 1.82) is 0 Å². The van der Waals surface area contributed by atoms with Crippen molar-refractivity contribution in [2.75, 3.05) is 7.05 Å². The van der Waals surface area contributed by atoms with Gasteiger partial charge in [0.15, 0.2) is 4.96 Å². The lowest BCUT2D eigenvalue weighted by Gasteiger charge is -2.06. The fraction of sp³-hybridized carbons (Fsp3) is 0.214. The fourth-order valence-corrected chi connectivity index (χ4v) is 2.70. The summed E-state index contributed by atoms with van der Waals surface area (Å²) in [4.78, 5) is 5.29. The van der Waals surface area contributed by atoms with E-state index in [0.29, 0.717) is 23.7 Å². The van der Waals surface area contributed by atoms with Crippen LogP contribution in [-0.2, 0) is 6.54 Å². The van der Waals surface area contributed by atoms with E-state index in [-0.39, 0.29) is 5.82 Å². The van der Waals surface area contributed by atoms with Gasteiger partial charge in [0.25, 0.3) is 0 Å². The summed E-state index contributed by atoms with van der Waals surface area (Å²) in [6.07, 6.45) is 1.95. The molecule has 0 amide bonds. The standard InChI is InChI=1S/C14H14FN3OS/c1-9-3-4-10(7-11(9)15)19-13-12(8-16-2)18-5-6-20-14(18)17-13/h3-7,16H,8H2,1-2H3. The first-order chi connectivity index (χ1) is 9.69. The predicted molar refractivity (Wildman–Crippen MR) is 77.0 cm³/mol. The topological polar surface area (TPSA) is 38.6 Å². The molecule has 3 rings (SSSR count). The van der Waals surface area contributed by atoms with Gasteiger partial charge in [0, 0.05) is 24.2 Å². The van der Waals surface area contributed by atoms with Gasteiger partial charge in [-0.1, -0.05) is 6.07 Å². The van der Waals surface area contributed by atoms with Crippen molar-refractivity contribution in [3.8, 4) is 11.6 Å². The summed E-state index contributed by atoms with van der Waals surface area (Å²) in [5.74, 6) is 0.685. The number of aromatic nitrogens is 2. The van der Waals surface area contributed by atoms with E-state index in [0.717, 1.165) is 10.7 Å². The molecule has 0 spiro atoms. The Bertz CT molecular complexity index is 750. The Morgan fingerprint density at radius 3 is 3.05 bits per heavy atom. The lowest BCUT2D eigenvalue weighted by Crippen LogP contribution is -2.08. The molecule has 20 heavy (non-hydrogen) atoms. The Hall–Kier alpha value is -1.92. The first-order valence-corrected chi connectivity index (χ1v) is 7.10. The Morgan fingerprint density at radius 1 is 1.45 bits per heavy atom. The third-order valence-corrected chi connectivity index (χ3v) is 3.78. The molecule has 0 aliphatic heterocycles. The predicted octanol–water partition coefficient (Wildman–Crippen LogP) is 3.36. The number of rotatable bonds is 4. The van der Waals surface area contributed by atoms with Gasteiger partial charge in [0.05, 0.1) is 0 Å². The van der Waals surface area contributed by atoms with Gasteiger partial charge in [-0.25, -0.2) is 4.39 Å². The van der Waals surface area contributed by atoms with Crippen molar-refractivity contribution >= 4 is 16.3 Å². The summed E-state index contributed by atoms with van der Waals surface area (Å²) in [5, 5.41) is 5.06. The summed E-state index contributed by atoms with van der Waals surface area (Å²) >= 11 is 1.53. The van der Waals surface area contributed by atoms with Crippen LogP contribution < -0.4 is 10.1 Å². The molecular weight excluding hydrogens is 277 g/mol.